The van der Waals surface area contributed by atoms with Gasteiger partial charge in [0.2, 0.25) is 0 Å². The van der Waals surface area contributed by atoms with Crippen LogP contribution in [0.5, 0.6) is 5.75 Å². The van der Waals surface area contributed by atoms with Crippen LogP contribution in [0.25, 0.3) is 10.9 Å². The van der Waals surface area contributed by atoms with E-state index in [1.165, 1.54) is 10.9 Å². The number of nitrogens with two attached hydrogens (primary N) is 1. The highest BCUT2D eigenvalue weighted by atomic mass is 16.5. The van der Waals surface area contributed by atoms with Crippen molar-refractivity contribution in [3.05, 3.63) is 30.0 Å². The summed E-state index contributed by atoms with van der Waals surface area (Å²) in [6.45, 7) is 5.48. The van der Waals surface area contributed by atoms with Crippen LogP contribution >= 0.6 is 0 Å². The van der Waals surface area contributed by atoms with Gasteiger partial charge in [0, 0.05) is 17.1 Å². The van der Waals surface area contributed by atoms with Gasteiger partial charge in [-0.1, -0.05) is 6.92 Å². The summed E-state index contributed by atoms with van der Waals surface area (Å²) in [5.74, 6) is 1.28. The first-order valence-electron chi connectivity index (χ1n) is 5.70. The van der Waals surface area contributed by atoms with E-state index < -0.39 is 0 Å². The largest absolute Gasteiger partial charge is 0.494 e. The number of ether oxygens (including phenoxy) is 1. The summed E-state index contributed by atoms with van der Waals surface area (Å²) in [4.78, 5) is 3.26. The summed E-state index contributed by atoms with van der Waals surface area (Å²) in [5, 5.41) is 1.21. The van der Waals surface area contributed by atoms with Crippen LogP contribution in [0.15, 0.2) is 24.4 Å². The third kappa shape index (κ3) is 1.91. The normalized spacial score (nSPS) is 12.9. The average molecular weight is 218 g/mol. The summed E-state index contributed by atoms with van der Waals surface area (Å²) < 4.78 is 5.51. The third-order valence-electron chi connectivity index (χ3n) is 2.88. The summed E-state index contributed by atoms with van der Waals surface area (Å²) in [6, 6.07) is 6.11. The Labute approximate surface area is 95.6 Å². The molecule has 2 rings (SSSR count). The molecule has 1 heterocycles. The topological polar surface area (TPSA) is 51.0 Å². The maximum atomic E-state index is 5.71. The van der Waals surface area contributed by atoms with E-state index >= 15 is 0 Å². The molecule has 1 unspecified atom stereocenters. The molecule has 3 nitrogen and oxygen atoms in total. The molecule has 3 N–H and O–H groups in total. The van der Waals surface area contributed by atoms with E-state index in [9.17, 15) is 0 Å². The van der Waals surface area contributed by atoms with Crippen LogP contribution in [0, 0.1) is 0 Å². The molecule has 0 fully saturated rings. The van der Waals surface area contributed by atoms with Crippen molar-refractivity contribution in [2.75, 3.05) is 13.2 Å². The molecule has 0 aliphatic rings. The minimum absolute atomic E-state index is 0.366. The molecule has 0 aliphatic carbocycles. The van der Waals surface area contributed by atoms with Gasteiger partial charge in [-0.05, 0) is 43.1 Å². The van der Waals surface area contributed by atoms with Crippen molar-refractivity contribution in [1.82, 2.24) is 4.98 Å². The molecular weight excluding hydrogens is 200 g/mol. The molecule has 0 saturated carbocycles. The number of rotatable bonds is 4. The molecule has 0 bridgehead atoms. The zero-order valence-electron chi connectivity index (χ0n) is 9.79. The smallest absolute Gasteiger partial charge is 0.120 e. The lowest BCUT2D eigenvalue weighted by Gasteiger charge is -2.08. The van der Waals surface area contributed by atoms with Crippen LogP contribution in [0.2, 0.25) is 0 Å². The molecule has 1 aromatic heterocycles. The molecule has 1 atom stereocenters. The molecule has 0 aliphatic heterocycles. The number of hydrogen-bond acceptors (Lipinski definition) is 2. The van der Waals surface area contributed by atoms with Crippen molar-refractivity contribution in [3.8, 4) is 5.75 Å². The number of nitrogens with one attached hydrogen (secondary N) is 1. The first kappa shape index (κ1) is 11.0. The Kier molecular flexibility index (Phi) is 3.15. The maximum Gasteiger partial charge on any atom is 0.120 e. The van der Waals surface area contributed by atoms with Crippen LogP contribution < -0.4 is 10.5 Å². The molecule has 16 heavy (non-hydrogen) atoms. The van der Waals surface area contributed by atoms with Gasteiger partial charge < -0.3 is 15.5 Å². The van der Waals surface area contributed by atoms with E-state index in [0.29, 0.717) is 19.1 Å². The van der Waals surface area contributed by atoms with Crippen molar-refractivity contribution in [3.63, 3.8) is 0 Å². The molecule has 1 aromatic carbocycles. The second-order valence-electron chi connectivity index (χ2n) is 4.02. The number of aromatic amines is 1. The van der Waals surface area contributed by atoms with Crippen LogP contribution in [0.1, 0.15) is 25.3 Å². The molecule has 0 saturated heterocycles. The zero-order chi connectivity index (χ0) is 11.5. The molecular formula is C13H18N2O. The van der Waals surface area contributed by atoms with E-state index in [1.807, 2.05) is 25.3 Å². The number of H-pyrrole nitrogens is 1. The minimum Gasteiger partial charge on any atom is -0.494 e. The second-order valence-corrected chi connectivity index (χ2v) is 4.02. The highest BCUT2D eigenvalue weighted by Gasteiger charge is 2.10. The van der Waals surface area contributed by atoms with Gasteiger partial charge in [0.25, 0.3) is 0 Å². The summed E-state index contributed by atoms with van der Waals surface area (Å²) in [5.41, 5.74) is 8.11. The summed E-state index contributed by atoms with van der Waals surface area (Å²) >= 11 is 0. The molecule has 2 aromatic rings. The van der Waals surface area contributed by atoms with E-state index in [2.05, 4.69) is 18.0 Å². The number of fused-ring (bicyclic) bond motifs is 1. The Hall–Kier alpha value is -1.48. The van der Waals surface area contributed by atoms with E-state index in [4.69, 9.17) is 10.5 Å². The summed E-state index contributed by atoms with van der Waals surface area (Å²) in [6.07, 6.45) is 2.04. The van der Waals surface area contributed by atoms with Crippen molar-refractivity contribution < 1.29 is 4.74 Å². The number of hydrogen-bond donors (Lipinski definition) is 2. The van der Waals surface area contributed by atoms with Gasteiger partial charge in [-0.2, -0.15) is 0 Å². The Morgan fingerprint density at radius 1 is 1.44 bits per heavy atom. The predicted molar refractivity (Wildman–Crippen MR) is 66.9 cm³/mol. The van der Waals surface area contributed by atoms with Crippen LogP contribution in [-0.2, 0) is 0 Å². The highest BCUT2D eigenvalue weighted by Crippen LogP contribution is 2.28. The van der Waals surface area contributed by atoms with Crippen LogP contribution in [-0.4, -0.2) is 18.1 Å². The molecule has 0 amide bonds. The van der Waals surface area contributed by atoms with Gasteiger partial charge in [0.15, 0.2) is 0 Å². The van der Waals surface area contributed by atoms with Crippen LogP contribution in [0.4, 0.5) is 0 Å². The van der Waals surface area contributed by atoms with Gasteiger partial charge >= 0.3 is 0 Å². The average Bonchev–Trinajstić information content (AvgIpc) is 2.71. The van der Waals surface area contributed by atoms with Crippen molar-refractivity contribution in [2.45, 2.75) is 19.8 Å². The van der Waals surface area contributed by atoms with Crippen molar-refractivity contribution in [2.24, 2.45) is 5.73 Å². The Morgan fingerprint density at radius 2 is 2.25 bits per heavy atom. The fraction of sp³-hybridized carbons (Fsp3) is 0.385. The fourth-order valence-corrected chi connectivity index (χ4v) is 1.91. The second kappa shape index (κ2) is 4.58. The Balaban J connectivity index is 2.47. The maximum absolute atomic E-state index is 5.71. The quantitative estimate of drug-likeness (QED) is 0.828. The Morgan fingerprint density at radius 3 is 2.94 bits per heavy atom. The third-order valence-corrected chi connectivity index (χ3v) is 2.88. The first-order chi connectivity index (χ1) is 7.76. The number of benzene rings is 1. The molecule has 86 valence electrons. The van der Waals surface area contributed by atoms with Crippen molar-refractivity contribution >= 4 is 10.9 Å². The SMILES string of the molecule is CCOc1ccc2[nH]cc(C(C)CN)c2c1. The van der Waals surface area contributed by atoms with Gasteiger partial charge in [-0.3, -0.25) is 0 Å². The molecule has 3 heteroatoms. The van der Waals surface area contributed by atoms with Gasteiger partial charge in [0.1, 0.15) is 5.75 Å². The van der Waals surface area contributed by atoms with Gasteiger partial charge in [0.05, 0.1) is 6.61 Å². The highest BCUT2D eigenvalue weighted by molar-refractivity contribution is 5.85. The van der Waals surface area contributed by atoms with Gasteiger partial charge in [-0.15, -0.1) is 0 Å². The molecule has 0 radical (unpaired) electrons. The zero-order valence-corrected chi connectivity index (χ0v) is 9.79. The van der Waals surface area contributed by atoms with E-state index in [0.717, 1.165) is 11.3 Å². The standard InChI is InChI=1S/C13H18N2O/c1-3-16-10-4-5-13-11(6-10)12(8-15-13)9(2)7-14/h4-6,8-9,15H,3,7,14H2,1-2H3. The monoisotopic (exact) mass is 218 g/mol. The lowest BCUT2D eigenvalue weighted by Crippen LogP contribution is -2.08. The van der Waals surface area contributed by atoms with Crippen molar-refractivity contribution in [1.29, 1.82) is 0 Å². The molecule has 0 spiro atoms. The first-order valence-corrected chi connectivity index (χ1v) is 5.70. The number of aromatic nitrogens is 1. The van der Waals surface area contributed by atoms with Crippen LogP contribution in [0.3, 0.4) is 0 Å². The minimum atomic E-state index is 0.366. The van der Waals surface area contributed by atoms with E-state index in [1.54, 1.807) is 0 Å². The van der Waals surface area contributed by atoms with Gasteiger partial charge in [-0.25, -0.2) is 0 Å². The lowest BCUT2D eigenvalue weighted by atomic mass is 10.0. The summed E-state index contributed by atoms with van der Waals surface area (Å²) in [7, 11) is 0. The fourth-order valence-electron chi connectivity index (χ4n) is 1.91. The van der Waals surface area contributed by atoms with E-state index in [-0.39, 0.29) is 0 Å². The predicted octanol–water partition coefficient (Wildman–Crippen LogP) is 2.63. The Bertz CT molecular complexity index is 476. The lowest BCUT2D eigenvalue weighted by molar-refractivity contribution is 0.340.